The van der Waals surface area contributed by atoms with Crippen molar-refractivity contribution in [2.45, 2.75) is 90.8 Å². The second kappa shape index (κ2) is 12.0. The van der Waals surface area contributed by atoms with Gasteiger partial charge in [0, 0.05) is 18.0 Å². The number of hydrogen-bond donors (Lipinski definition) is 0. The third-order valence-electron chi connectivity index (χ3n) is 9.51. The number of fused-ring (bicyclic) bond motifs is 1. The maximum atomic E-state index is 14.0. The molecule has 0 bridgehead atoms. The molecule has 0 radical (unpaired) electrons. The molecule has 0 N–H and O–H groups in total. The first-order valence-electron chi connectivity index (χ1n) is 14.6. The SMILES string of the molecule is CC[Si](CC)(CC)OC(C)[C@H]1C(=O)[N+]2(C(=O)OCc3ccc(OC)cc3)C=C(CN3CCCCC3)C(C)[C@@H]12. The Labute approximate surface area is 229 Å². The van der Waals surface area contributed by atoms with E-state index in [0.29, 0.717) is 0 Å². The summed E-state index contributed by atoms with van der Waals surface area (Å²) in [7, 11) is -0.280. The number of hydrogen-bond acceptors (Lipinski definition) is 6. The van der Waals surface area contributed by atoms with Crippen molar-refractivity contribution in [1.29, 1.82) is 0 Å². The van der Waals surface area contributed by atoms with Gasteiger partial charge in [0.25, 0.3) is 0 Å². The zero-order valence-electron chi connectivity index (χ0n) is 24.2. The van der Waals surface area contributed by atoms with Crippen LogP contribution in [-0.4, -0.2) is 68.6 Å². The number of quaternary nitrogens is 1. The molecular formula is C30H47N2O5Si+. The van der Waals surface area contributed by atoms with Gasteiger partial charge in [-0.1, -0.05) is 46.2 Å². The van der Waals surface area contributed by atoms with Gasteiger partial charge in [-0.2, -0.15) is 4.79 Å². The lowest BCUT2D eigenvalue weighted by molar-refractivity contribution is -0.798. The molecule has 2 fully saturated rings. The summed E-state index contributed by atoms with van der Waals surface area (Å²) in [5.41, 5.74) is 2.05. The van der Waals surface area contributed by atoms with Crippen molar-refractivity contribution in [2.24, 2.45) is 11.8 Å². The van der Waals surface area contributed by atoms with Gasteiger partial charge in [0.05, 0.1) is 13.2 Å². The number of rotatable bonds is 11. The molecule has 0 spiro atoms. The minimum absolute atomic E-state index is 0.0751. The molecule has 2 amide bonds. The highest BCUT2D eigenvalue weighted by Crippen LogP contribution is 2.52. The van der Waals surface area contributed by atoms with Crippen LogP contribution in [0.25, 0.3) is 0 Å². The quantitative estimate of drug-likeness (QED) is 0.191. The number of carbonyl (C=O) groups excluding carboxylic acids is 2. The zero-order chi connectivity index (χ0) is 27.5. The molecule has 3 aliphatic heterocycles. The molecule has 7 nitrogen and oxygen atoms in total. The maximum absolute atomic E-state index is 14.0. The van der Waals surface area contributed by atoms with E-state index in [1.54, 1.807) is 7.11 Å². The van der Waals surface area contributed by atoms with Crippen molar-refractivity contribution in [2.75, 3.05) is 26.7 Å². The Hall–Kier alpha value is -2.00. The highest BCUT2D eigenvalue weighted by atomic mass is 28.4. The lowest BCUT2D eigenvalue weighted by atomic mass is 9.75. The molecule has 1 aromatic carbocycles. The van der Waals surface area contributed by atoms with Crippen LogP contribution < -0.4 is 4.74 Å². The summed E-state index contributed by atoms with van der Waals surface area (Å²) in [5, 5.41) is 0. The van der Waals surface area contributed by atoms with E-state index in [0.717, 1.165) is 49.1 Å². The average molecular weight is 544 g/mol. The van der Waals surface area contributed by atoms with E-state index in [1.807, 2.05) is 30.5 Å². The Morgan fingerprint density at radius 2 is 1.71 bits per heavy atom. The Morgan fingerprint density at radius 1 is 1.08 bits per heavy atom. The minimum atomic E-state index is -1.90. The Kier molecular flexibility index (Phi) is 9.17. The van der Waals surface area contributed by atoms with Crippen LogP contribution in [0.15, 0.2) is 36.0 Å². The smallest absolute Gasteiger partial charge is 0.497 e. The zero-order valence-corrected chi connectivity index (χ0v) is 25.2. The van der Waals surface area contributed by atoms with Crippen molar-refractivity contribution in [3.63, 3.8) is 0 Å². The molecule has 8 heteroatoms. The molecule has 3 unspecified atom stereocenters. The fourth-order valence-electron chi connectivity index (χ4n) is 6.87. The second-order valence-corrected chi connectivity index (χ2v) is 16.2. The lowest BCUT2D eigenvalue weighted by Crippen LogP contribution is -2.76. The van der Waals surface area contributed by atoms with E-state index in [1.165, 1.54) is 24.8 Å². The summed E-state index contributed by atoms with van der Waals surface area (Å²) in [6, 6.07) is 10.4. The van der Waals surface area contributed by atoms with E-state index >= 15 is 0 Å². The normalized spacial score (nSPS) is 28.3. The van der Waals surface area contributed by atoms with E-state index in [-0.39, 0.29) is 41.0 Å². The number of β-lactam (4-membered cyclic amide) rings is 1. The highest BCUT2D eigenvalue weighted by molar-refractivity contribution is 6.73. The number of nitrogens with zero attached hydrogens (tertiary/aromatic N) is 2. The number of piperidine rings is 1. The van der Waals surface area contributed by atoms with E-state index in [9.17, 15) is 9.59 Å². The van der Waals surface area contributed by atoms with Crippen LogP contribution >= 0.6 is 0 Å². The molecule has 38 heavy (non-hydrogen) atoms. The first kappa shape index (κ1) is 29.0. The number of imide groups is 1. The molecule has 2 saturated heterocycles. The first-order valence-corrected chi connectivity index (χ1v) is 17.1. The van der Waals surface area contributed by atoms with Gasteiger partial charge < -0.3 is 13.9 Å². The number of carbonyl (C=O) groups is 2. The maximum Gasteiger partial charge on any atom is 0.529 e. The van der Waals surface area contributed by atoms with Crippen LogP contribution in [0.4, 0.5) is 4.79 Å². The number of likely N-dealkylation sites (tertiary alicyclic amines) is 1. The van der Waals surface area contributed by atoms with Crippen LogP contribution in [0, 0.1) is 11.8 Å². The molecule has 3 heterocycles. The molecule has 0 aromatic heterocycles. The number of ether oxygens (including phenoxy) is 2. The van der Waals surface area contributed by atoms with Crippen LogP contribution in [-0.2, 0) is 20.6 Å². The van der Waals surface area contributed by atoms with Crippen LogP contribution in [0.2, 0.25) is 18.1 Å². The van der Waals surface area contributed by atoms with Gasteiger partial charge in [-0.15, -0.1) is 4.48 Å². The molecule has 1 aromatic rings. The molecule has 5 atom stereocenters. The van der Waals surface area contributed by atoms with Crippen LogP contribution in [0.3, 0.4) is 0 Å². The second-order valence-electron chi connectivity index (χ2n) is 11.4. The number of benzene rings is 1. The molecule has 3 aliphatic rings. The van der Waals surface area contributed by atoms with Gasteiger partial charge in [0.2, 0.25) is 0 Å². The van der Waals surface area contributed by atoms with Crippen molar-refractivity contribution in [1.82, 2.24) is 4.90 Å². The predicted octanol–water partition coefficient (Wildman–Crippen LogP) is 6.10. The van der Waals surface area contributed by atoms with Crippen LogP contribution in [0.5, 0.6) is 5.75 Å². The van der Waals surface area contributed by atoms with E-state index < -0.39 is 14.4 Å². The fourth-order valence-corrected chi connectivity index (χ4v) is 9.80. The Bertz CT molecular complexity index is 1010. The Balaban J connectivity index is 1.57. The van der Waals surface area contributed by atoms with Gasteiger partial charge in [-0.25, -0.2) is 4.79 Å². The monoisotopic (exact) mass is 543 g/mol. The van der Waals surface area contributed by atoms with Gasteiger partial charge in [0.1, 0.15) is 24.6 Å². The topological polar surface area (TPSA) is 65.1 Å². The van der Waals surface area contributed by atoms with Gasteiger partial charge in [0.15, 0.2) is 14.2 Å². The summed E-state index contributed by atoms with van der Waals surface area (Å²) in [4.78, 5) is 30.2. The summed E-state index contributed by atoms with van der Waals surface area (Å²) < 4.78 is 17.5. The number of methoxy groups -OCH3 is 1. The van der Waals surface area contributed by atoms with Gasteiger partial charge >= 0.3 is 12.0 Å². The van der Waals surface area contributed by atoms with E-state index in [4.69, 9.17) is 13.9 Å². The molecule has 0 saturated carbocycles. The molecule has 0 aliphatic carbocycles. The van der Waals surface area contributed by atoms with Crippen molar-refractivity contribution in [3.05, 3.63) is 41.6 Å². The fraction of sp³-hybridized carbons (Fsp3) is 0.667. The van der Waals surface area contributed by atoms with Crippen molar-refractivity contribution in [3.8, 4) is 5.75 Å². The summed E-state index contributed by atoms with van der Waals surface area (Å²) in [6.07, 6.45) is 4.96. The van der Waals surface area contributed by atoms with Gasteiger partial charge in [-0.05, 0) is 68.7 Å². The third-order valence-corrected chi connectivity index (χ3v) is 14.2. The summed E-state index contributed by atoms with van der Waals surface area (Å²) in [5.74, 6) is 0.487. The predicted molar refractivity (Wildman–Crippen MR) is 151 cm³/mol. The molecule has 210 valence electrons. The van der Waals surface area contributed by atoms with Crippen molar-refractivity contribution >= 4 is 20.3 Å². The van der Waals surface area contributed by atoms with E-state index in [2.05, 4.69) is 39.5 Å². The average Bonchev–Trinajstić information content (AvgIpc) is 3.19. The number of amides is 2. The standard InChI is InChI=1S/C30H47N2O5Si/c1-7-38(8-2,9-3)37-23(5)27-28-22(4)25(19-31-17-11-10-12-18-31)20-32(28,29(27)33)30(34)36-21-24-13-15-26(35-6)16-14-24/h13-16,20,22-23,27-28H,7-12,17-19,21H2,1-6H3/q+1/t22?,23?,27-,28+,32?/m1/s1. The van der Waals surface area contributed by atoms with Crippen LogP contribution in [0.1, 0.15) is 59.4 Å². The summed E-state index contributed by atoms with van der Waals surface area (Å²) in [6.45, 7) is 14.0. The first-order chi connectivity index (χ1) is 18.2. The highest BCUT2D eigenvalue weighted by Gasteiger charge is 2.75. The van der Waals surface area contributed by atoms with Crippen molar-refractivity contribution < 1.29 is 28.0 Å². The largest absolute Gasteiger partial charge is 0.529 e. The Morgan fingerprint density at radius 3 is 2.29 bits per heavy atom. The molecular weight excluding hydrogens is 496 g/mol. The van der Waals surface area contributed by atoms with Gasteiger partial charge in [-0.3, -0.25) is 4.90 Å². The lowest BCUT2D eigenvalue weighted by Gasteiger charge is -2.49. The molecule has 4 rings (SSSR count). The minimum Gasteiger partial charge on any atom is -0.497 e. The third kappa shape index (κ3) is 5.25. The summed E-state index contributed by atoms with van der Waals surface area (Å²) >= 11 is 0.